The molecule has 2 aromatic carbocycles. The zero-order chi connectivity index (χ0) is 32.7. The van der Waals surface area contributed by atoms with Crippen LogP contribution in [0.3, 0.4) is 0 Å². The second-order valence-corrected chi connectivity index (χ2v) is 18.8. The largest absolute Gasteiger partial charge is 0.490 e. The molecule has 2 aromatic rings. The number of methoxy groups -OCH3 is 1. The van der Waals surface area contributed by atoms with E-state index in [2.05, 4.69) is 52.5 Å². The van der Waals surface area contributed by atoms with E-state index in [1.165, 1.54) is 4.90 Å². The highest BCUT2D eigenvalue weighted by Crippen LogP contribution is 2.46. The van der Waals surface area contributed by atoms with Crippen LogP contribution >= 0.6 is 0 Å². The molecule has 45 heavy (non-hydrogen) atoms. The molecule has 1 amide bonds. The normalized spacial score (nSPS) is 20.6. The van der Waals surface area contributed by atoms with E-state index in [1.807, 2.05) is 36.4 Å². The summed E-state index contributed by atoms with van der Waals surface area (Å²) >= 11 is 0. The number of carbonyl (C=O) groups is 1. The number of piperidine rings is 1. The third-order valence-corrected chi connectivity index (χ3v) is 15.8. The van der Waals surface area contributed by atoms with Crippen molar-refractivity contribution in [3.63, 3.8) is 0 Å². The van der Waals surface area contributed by atoms with Crippen LogP contribution in [0.2, 0.25) is 16.6 Å². The van der Waals surface area contributed by atoms with Crippen LogP contribution in [0.15, 0.2) is 42.5 Å². The van der Waals surface area contributed by atoms with Gasteiger partial charge in [-0.25, -0.2) is 4.79 Å². The monoisotopic (exact) mass is 642 g/mol. The summed E-state index contributed by atoms with van der Waals surface area (Å²) in [5.41, 5.74) is 4.96. The van der Waals surface area contributed by atoms with Gasteiger partial charge < -0.3 is 38.6 Å². The summed E-state index contributed by atoms with van der Waals surface area (Å²) in [7, 11) is -0.648. The zero-order valence-corrected chi connectivity index (χ0v) is 29.2. The Kier molecular flexibility index (Phi) is 12.3. The highest BCUT2D eigenvalue weighted by Gasteiger charge is 2.50. The zero-order valence-electron chi connectivity index (χ0n) is 28.2. The predicted octanol–water partition coefficient (Wildman–Crippen LogP) is 6.64. The molecule has 0 unspecified atom stereocenters. The van der Waals surface area contributed by atoms with E-state index in [9.17, 15) is 15.0 Å². The minimum Gasteiger partial charge on any atom is -0.490 e. The molecule has 9 nitrogen and oxygen atoms in total. The van der Waals surface area contributed by atoms with E-state index in [1.54, 1.807) is 7.11 Å². The molecule has 2 aliphatic rings. The first-order chi connectivity index (χ1) is 21.5. The summed E-state index contributed by atoms with van der Waals surface area (Å²) in [5.74, 6) is 0.688. The van der Waals surface area contributed by atoms with Crippen LogP contribution in [0.1, 0.15) is 70.6 Å². The van der Waals surface area contributed by atoms with Crippen LogP contribution in [0.5, 0.6) is 5.75 Å². The van der Waals surface area contributed by atoms with Crippen molar-refractivity contribution in [1.82, 2.24) is 4.90 Å². The maximum atomic E-state index is 12.5. The number of fused-ring (bicyclic) bond motifs is 1. The number of amides is 1. The second kappa shape index (κ2) is 15.8. The van der Waals surface area contributed by atoms with Crippen LogP contribution in [0.25, 0.3) is 0 Å². The molecule has 4 rings (SSSR count). The Balaban J connectivity index is 1.68. The molecule has 1 saturated heterocycles. The number of ether oxygens (including phenoxy) is 3. The fourth-order valence-electron chi connectivity index (χ4n) is 7.59. The minimum atomic E-state index is -2.37. The molecular weight excluding hydrogens is 588 g/mol. The van der Waals surface area contributed by atoms with E-state index in [0.717, 1.165) is 47.6 Å². The van der Waals surface area contributed by atoms with E-state index >= 15 is 0 Å². The SMILES string of the molecule is COCCCN1CCOc2ccc(CO[C@H]3CN(C(=O)O)C[C@@H](O[Si](C(C)C)(C(C)C)C(C)C)[C@@H]3c3ccc(CO)cc3)cc21. The van der Waals surface area contributed by atoms with Crippen LogP contribution in [-0.4, -0.2) is 88.2 Å². The highest BCUT2D eigenvalue weighted by molar-refractivity contribution is 6.77. The summed E-state index contributed by atoms with van der Waals surface area (Å²) in [6.45, 7) is 17.4. The van der Waals surface area contributed by atoms with Crippen molar-refractivity contribution < 1.29 is 33.6 Å². The van der Waals surface area contributed by atoms with Crippen LogP contribution in [0.4, 0.5) is 10.5 Å². The van der Waals surface area contributed by atoms with E-state index in [4.69, 9.17) is 18.6 Å². The molecule has 0 bridgehead atoms. The van der Waals surface area contributed by atoms with Crippen LogP contribution in [-0.2, 0) is 27.1 Å². The van der Waals surface area contributed by atoms with Gasteiger partial charge in [-0.3, -0.25) is 0 Å². The fourth-order valence-corrected chi connectivity index (χ4v) is 13.1. The van der Waals surface area contributed by atoms with Gasteiger partial charge in [0.25, 0.3) is 0 Å². The molecule has 1 fully saturated rings. The lowest BCUT2D eigenvalue weighted by Crippen LogP contribution is -2.59. The number of aliphatic hydroxyl groups is 1. The quantitative estimate of drug-likeness (QED) is 0.175. The van der Waals surface area contributed by atoms with Crippen molar-refractivity contribution in [3.05, 3.63) is 59.2 Å². The number of benzene rings is 2. The van der Waals surface area contributed by atoms with Crippen molar-refractivity contribution in [2.24, 2.45) is 0 Å². The number of nitrogens with zero attached hydrogens (tertiary/aromatic N) is 2. The molecule has 2 aliphatic heterocycles. The summed E-state index contributed by atoms with van der Waals surface area (Å²) < 4.78 is 25.3. The maximum Gasteiger partial charge on any atom is 0.407 e. The second-order valence-electron chi connectivity index (χ2n) is 13.4. The smallest absolute Gasteiger partial charge is 0.407 e. The van der Waals surface area contributed by atoms with Gasteiger partial charge in [-0.2, -0.15) is 0 Å². The lowest BCUT2D eigenvalue weighted by atomic mass is 9.84. The Bertz CT molecular complexity index is 1220. The molecule has 0 radical (unpaired) electrons. The van der Waals surface area contributed by atoms with Gasteiger partial charge >= 0.3 is 6.09 Å². The number of anilines is 1. The van der Waals surface area contributed by atoms with Gasteiger partial charge in [-0.15, -0.1) is 0 Å². The maximum absolute atomic E-state index is 12.5. The Morgan fingerprint density at radius 3 is 2.22 bits per heavy atom. The molecule has 10 heteroatoms. The molecule has 0 spiro atoms. The van der Waals surface area contributed by atoms with Crippen molar-refractivity contribution in [2.75, 3.05) is 51.4 Å². The van der Waals surface area contributed by atoms with Gasteiger partial charge in [0.05, 0.1) is 44.2 Å². The Hall–Kier alpha value is -2.63. The molecule has 2 heterocycles. The summed E-state index contributed by atoms with van der Waals surface area (Å²) in [5, 5.41) is 19.9. The van der Waals surface area contributed by atoms with Gasteiger partial charge in [-0.1, -0.05) is 71.9 Å². The van der Waals surface area contributed by atoms with Gasteiger partial charge in [0.15, 0.2) is 0 Å². The standard InChI is InChI=1S/C35H54N2O7Si/c1-24(2)45(25(3)4,26(5)6)44-33-21-37(35(39)40)20-32(34(33)29-12-9-27(22-38)10-13-29)43-23-28-11-14-31-30(19-28)36(16-18-42-31)15-8-17-41-7/h9-14,19,24-26,32-34,38H,8,15-18,20-23H2,1-7H3,(H,39,40)/t32-,33+,34+/m0/s1. The lowest BCUT2D eigenvalue weighted by molar-refractivity contribution is -0.0630. The first-order valence-corrected chi connectivity index (χ1v) is 18.6. The molecule has 0 saturated carbocycles. The van der Waals surface area contributed by atoms with Gasteiger partial charge in [0, 0.05) is 32.7 Å². The fraction of sp³-hybridized carbons (Fsp3) is 0.629. The van der Waals surface area contributed by atoms with Crippen molar-refractivity contribution in [1.29, 1.82) is 0 Å². The van der Waals surface area contributed by atoms with E-state index in [-0.39, 0.29) is 31.7 Å². The van der Waals surface area contributed by atoms with Crippen LogP contribution in [0, 0.1) is 0 Å². The number of aliphatic hydroxyl groups excluding tert-OH is 1. The van der Waals surface area contributed by atoms with E-state index < -0.39 is 20.5 Å². The summed E-state index contributed by atoms with van der Waals surface area (Å²) in [6.07, 6.45) is -0.833. The third kappa shape index (κ3) is 8.03. The molecular formula is C35H54N2O7Si. The van der Waals surface area contributed by atoms with Crippen LogP contribution < -0.4 is 9.64 Å². The lowest BCUT2D eigenvalue weighted by Gasteiger charge is -2.50. The Labute approximate surface area is 270 Å². The first kappa shape index (κ1) is 35.2. The number of hydrogen-bond donors (Lipinski definition) is 2. The number of carboxylic acid groups (broad SMARTS) is 1. The average molecular weight is 643 g/mol. The van der Waals surface area contributed by atoms with E-state index in [0.29, 0.717) is 36.4 Å². The first-order valence-electron chi connectivity index (χ1n) is 16.5. The molecule has 0 aromatic heterocycles. The highest BCUT2D eigenvalue weighted by atomic mass is 28.4. The van der Waals surface area contributed by atoms with Crippen molar-refractivity contribution in [3.8, 4) is 5.75 Å². The summed E-state index contributed by atoms with van der Waals surface area (Å²) in [6, 6.07) is 14.1. The predicted molar refractivity (Wildman–Crippen MR) is 180 cm³/mol. The van der Waals surface area contributed by atoms with Crippen molar-refractivity contribution >= 4 is 20.1 Å². The topological polar surface area (TPSA) is 101 Å². The molecule has 2 N–H and O–H groups in total. The minimum absolute atomic E-state index is 0.0355. The third-order valence-electron chi connectivity index (χ3n) is 9.71. The Morgan fingerprint density at radius 1 is 0.978 bits per heavy atom. The number of likely N-dealkylation sites (tertiary alicyclic amines) is 1. The number of rotatable bonds is 14. The Morgan fingerprint density at radius 2 is 1.62 bits per heavy atom. The van der Waals surface area contributed by atoms with Gasteiger partial charge in [-0.05, 0) is 51.9 Å². The number of hydrogen-bond acceptors (Lipinski definition) is 7. The molecule has 3 atom stereocenters. The molecule has 250 valence electrons. The summed E-state index contributed by atoms with van der Waals surface area (Å²) in [4.78, 5) is 16.3. The van der Waals surface area contributed by atoms with Gasteiger partial charge in [0.1, 0.15) is 12.4 Å². The molecule has 0 aliphatic carbocycles. The average Bonchev–Trinajstić information content (AvgIpc) is 3.02. The van der Waals surface area contributed by atoms with Crippen molar-refractivity contribution in [2.45, 2.75) is 95.9 Å². The van der Waals surface area contributed by atoms with Gasteiger partial charge in [0.2, 0.25) is 8.32 Å².